The molecule has 0 saturated carbocycles. The highest BCUT2D eigenvalue weighted by atomic mass is 79.9. The van der Waals surface area contributed by atoms with E-state index in [0.717, 1.165) is 26.9 Å². The Balaban J connectivity index is 1.61. The van der Waals surface area contributed by atoms with E-state index in [4.69, 9.17) is 32.7 Å². The van der Waals surface area contributed by atoms with Crippen LogP contribution in [0.3, 0.4) is 0 Å². The van der Waals surface area contributed by atoms with E-state index < -0.39 is 11.2 Å². The van der Waals surface area contributed by atoms with Gasteiger partial charge in [-0.1, -0.05) is 93.6 Å². The molecule has 0 aliphatic heterocycles. The fraction of sp³-hybridized carbons (Fsp3) is 0.115. The number of aromatic nitrogens is 4. The van der Waals surface area contributed by atoms with Gasteiger partial charge in [-0.25, -0.2) is 4.68 Å². The second kappa shape index (κ2) is 10.8. The van der Waals surface area contributed by atoms with E-state index in [1.165, 1.54) is 0 Å². The number of benzene rings is 3. The predicted molar refractivity (Wildman–Crippen MR) is 146 cm³/mol. The molecular weight excluding hydrogens is 583 g/mol. The molecule has 5 aromatic rings. The van der Waals surface area contributed by atoms with Crippen LogP contribution in [0.4, 0.5) is 0 Å². The smallest absolute Gasteiger partial charge is 0.436 e. The van der Waals surface area contributed by atoms with Crippen LogP contribution in [0.5, 0.6) is 0 Å². The third-order valence-corrected chi connectivity index (χ3v) is 7.75. The molecule has 182 valence electrons. The summed E-state index contributed by atoms with van der Waals surface area (Å²) in [5, 5.41) is 14.2. The van der Waals surface area contributed by atoms with Crippen LogP contribution >= 0.6 is 39.1 Å². The highest BCUT2D eigenvalue weighted by molar-refractivity contribution is 9.10. The lowest BCUT2D eigenvalue weighted by atomic mass is 10.0. The van der Waals surface area contributed by atoms with Gasteiger partial charge in [-0.15, -0.1) is 5.10 Å². The monoisotopic (exact) mass is 600 g/mol. The summed E-state index contributed by atoms with van der Waals surface area (Å²) < 4.78 is 21.5. The maximum Gasteiger partial charge on any atom is 0.436 e. The van der Waals surface area contributed by atoms with E-state index in [1.807, 2.05) is 67.6 Å². The Morgan fingerprint density at radius 1 is 1.00 bits per heavy atom. The molecular formula is C26H19BrCl2N4O2S. The number of rotatable bonds is 7. The van der Waals surface area contributed by atoms with E-state index in [-0.39, 0.29) is 16.9 Å². The fourth-order valence-corrected chi connectivity index (χ4v) is 5.55. The van der Waals surface area contributed by atoms with Crippen molar-refractivity contribution in [3.05, 3.63) is 98.4 Å². The zero-order chi connectivity index (χ0) is 25.2. The highest BCUT2D eigenvalue weighted by Gasteiger charge is 2.28. The maximum atomic E-state index is 12.9. The second-order valence-electron chi connectivity index (χ2n) is 7.89. The van der Waals surface area contributed by atoms with Crippen LogP contribution in [0, 0.1) is 0 Å². The Morgan fingerprint density at radius 3 is 2.44 bits per heavy atom. The van der Waals surface area contributed by atoms with E-state index in [0.29, 0.717) is 27.8 Å². The Bertz CT molecular complexity index is 1510. The van der Waals surface area contributed by atoms with Crippen molar-refractivity contribution in [1.29, 1.82) is 0 Å². The molecule has 1 atom stereocenters. The SMILES string of the molecule is CCc1c(-c2nnc([S+]([O-])Cc3ccccc3)o2)nn(-c2ccc(Cl)cc2Cl)c1-c1ccc(Br)cc1. The standard InChI is InChI=1S/C26H19BrCl2N4O2S/c1-2-20-23(25-30-31-26(35-25)36(34)15-16-6-4-3-5-7-16)32-33(22-13-12-19(28)14-21(22)29)24(20)17-8-10-18(27)11-9-17/h3-14H,2,15H2,1H3. The third kappa shape index (κ3) is 5.10. The molecule has 0 saturated heterocycles. The molecule has 6 nitrogen and oxygen atoms in total. The molecule has 36 heavy (non-hydrogen) atoms. The Morgan fingerprint density at radius 2 is 1.75 bits per heavy atom. The summed E-state index contributed by atoms with van der Waals surface area (Å²) in [5.74, 6) is 0.479. The van der Waals surface area contributed by atoms with Gasteiger partial charge in [0.1, 0.15) is 5.75 Å². The lowest BCUT2D eigenvalue weighted by Gasteiger charge is -2.11. The quantitative estimate of drug-likeness (QED) is 0.180. The summed E-state index contributed by atoms with van der Waals surface area (Å²) in [6, 6.07) is 22.7. The molecule has 0 amide bonds. The summed E-state index contributed by atoms with van der Waals surface area (Å²) in [6.45, 7) is 2.03. The molecule has 3 aromatic carbocycles. The van der Waals surface area contributed by atoms with Crippen molar-refractivity contribution in [2.45, 2.75) is 24.3 Å². The Kier molecular flexibility index (Phi) is 7.50. The molecule has 5 rings (SSSR count). The lowest BCUT2D eigenvalue weighted by Crippen LogP contribution is -2.05. The van der Waals surface area contributed by atoms with E-state index >= 15 is 0 Å². The first-order valence-electron chi connectivity index (χ1n) is 11.0. The molecule has 0 spiro atoms. The average molecular weight is 602 g/mol. The normalized spacial score (nSPS) is 12.1. The molecule has 0 bridgehead atoms. The van der Waals surface area contributed by atoms with Crippen LogP contribution < -0.4 is 0 Å². The van der Waals surface area contributed by atoms with Crippen molar-refractivity contribution in [2.75, 3.05) is 0 Å². The van der Waals surface area contributed by atoms with Gasteiger partial charge in [-0.05, 0) is 36.8 Å². The molecule has 0 radical (unpaired) electrons. The highest BCUT2D eigenvalue weighted by Crippen LogP contribution is 2.37. The Labute approximate surface area is 229 Å². The molecule has 0 N–H and O–H groups in total. The molecule has 1 unspecified atom stereocenters. The van der Waals surface area contributed by atoms with Crippen LogP contribution in [0.1, 0.15) is 18.1 Å². The van der Waals surface area contributed by atoms with Crippen LogP contribution in [0.15, 0.2) is 86.9 Å². The van der Waals surface area contributed by atoms with Gasteiger partial charge in [-0.2, -0.15) is 5.10 Å². The van der Waals surface area contributed by atoms with Crippen molar-refractivity contribution in [1.82, 2.24) is 20.0 Å². The molecule has 0 fully saturated rings. The summed E-state index contributed by atoms with van der Waals surface area (Å²) in [4.78, 5) is 0. The summed E-state index contributed by atoms with van der Waals surface area (Å²) in [7, 11) is 0. The second-order valence-corrected chi connectivity index (χ2v) is 11.0. The molecule has 0 aliphatic rings. The summed E-state index contributed by atoms with van der Waals surface area (Å²) >= 11 is 14.7. The fourth-order valence-electron chi connectivity index (χ4n) is 3.87. The largest absolute Gasteiger partial charge is 0.607 e. The number of hydrogen-bond acceptors (Lipinski definition) is 5. The van der Waals surface area contributed by atoms with Crippen LogP contribution in [-0.2, 0) is 23.3 Å². The zero-order valence-corrected chi connectivity index (χ0v) is 22.9. The first-order chi connectivity index (χ1) is 17.4. The first kappa shape index (κ1) is 25.0. The van der Waals surface area contributed by atoms with Gasteiger partial charge in [0, 0.05) is 26.2 Å². The van der Waals surface area contributed by atoms with Gasteiger partial charge >= 0.3 is 5.22 Å². The number of hydrogen-bond donors (Lipinski definition) is 0. The van der Waals surface area contributed by atoms with E-state index in [2.05, 4.69) is 26.1 Å². The van der Waals surface area contributed by atoms with Crippen molar-refractivity contribution >= 4 is 50.3 Å². The van der Waals surface area contributed by atoms with Crippen molar-refractivity contribution < 1.29 is 8.97 Å². The minimum atomic E-state index is -1.49. The molecule has 2 aromatic heterocycles. The first-order valence-corrected chi connectivity index (χ1v) is 13.9. The maximum absolute atomic E-state index is 12.9. The topological polar surface area (TPSA) is 79.8 Å². The van der Waals surface area contributed by atoms with Crippen LogP contribution in [0.2, 0.25) is 10.0 Å². The number of nitrogens with zero attached hydrogens (tertiary/aromatic N) is 4. The van der Waals surface area contributed by atoms with E-state index in [9.17, 15) is 4.55 Å². The molecule has 0 aliphatic carbocycles. The van der Waals surface area contributed by atoms with Gasteiger partial charge in [0.25, 0.3) is 5.89 Å². The van der Waals surface area contributed by atoms with Crippen LogP contribution in [0.25, 0.3) is 28.5 Å². The lowest BCUT2D eigenvalue weighted by molar-refractivity contribution is 0.438. The van der Waals surface area contributed by atoms with Gasteiger partial charge < -0.3 is 8.97 Å². The predicted octanol–water partition coefficient (Wildman–Crippen LogP) is 7.53. The zero-order valence-electron chi connectivity index (χ0n) is 19.0. The number of halogens is 3. The average Bonchev–Trinajstić information content (AvgIpc) is 3.50. The van der Waals surface area contributed by atoms with Crippen molar-refractivity contribution in [3.63, 3.8) is 0 Å². The van der Waals surface area contributed by atoms with Gasteiger partial charge in [0.2, 0.25) is 0 Å². The summed E-state index contributed by atoms with van der Waals surface area (Å²) in [5.41, 5.74) is 4.77. The van der Waals surface area contributed by atoms with E-state index in [1.54, 1.807) is 16.8 Å². The Hall–Kier alpha value is -2.62. The van der Waals surface area contributed by atoms with Crippen molar-refractivity contribution in [2.24, 2.45) is 0 Å². The third-order valence-electron chi connectivity index (χ3n) is 5.54. The van der Waals surface area contributed by atoms with Gasteiger partial charge in [0.05, 0.1) is 27.6 Å². The van der Waals surface area contributed by atoms with Crippen molar-refractivity contribution in [3.8, 4) is 28.5 Å². The van der Waals surface area contributed by atoms with Gasteiger partial charge in [0.15, 0.2) is 5.69 Å². The van der Waals surface area contributed by atoms with Gasteiger partial charge in [-0.3, -0.25) is 0 Å². The minimum absolute atomic E-state index is 0.0557. The molecule has 2 heterocycles. The van der Waals surface area contributed by atoms with Crippen LogP contribution in [-0.4, -0.2) is 24.5 Å². The minimum Gasteiger partial charge on any atom is -0.607 e. The molecule has 10 heteroatoms. The summed E-state index contributed by atoms with van der Waals surface area (Å²) in [6.07, 6.45) is 0.636.